The average Bonchev–Trinajstić information content (AvgIpc) is 2.54. The molecule has 1 aliphatic rings. The van der Waals surface area contributed by atoms with E-state index >= 15 is 0 Å². The van der Waals surface area contributed by atoms with Crippen LogP contribution in [0.1, 0.15) is 39.2 Å². The van der Waals surface area contributed by atoms with E-state index in [0.717, 1.165) is 24.1 Å². The molecule has 2 aromatic rings. The first kappa shape index (κ1) is 14.3. The lowest BCUT2D eigenvalue weighted by molar-refractivity contribution is 0.0937. The molecule has 0 atom stereocenters. The summed E-state index contributed by atoms with van der Waals surface area (Å²) in [5.74, 6) is -0.238. The van der Waals surface area contributed by atoms with E-state index in [2.05, 4.69) is 47.9 Å². The van der Waals surface area contributed by atoms with Crippen LogP contribution in [-0.2, 0) is 6.42 Å². The molecule has 2 N–H and O–H groups in total. The van der Waals surface area contributed by atoms with Gasteiger partial charge in [-0.05, 0) is 61.6 Å². The minimum Gasteiger partial charge on any atom is -0.298 e. The van der Waals surface area contributed by atoms with Gasteiger partial charge < -0.3 is 0 Å². The van der Waals surface area contributed by atoms with Gasteiger partial charge in [0, 0.05) is 11.8 Å². The number of aromatic nitrogens is 1. The number of nitrogens with one attached hydrogen (secondary N) is 2. The van der Waals surface area contributed by atoms with Gasteiger partial charge in [-0.25, -0.2) is 0 Å². The number of hydrogen-bond acceptors (Lipinski definition) is 3. The molecule has 3 rings (SSSR count). The van der Waals surface area contributed by atoms with Crippen molar-refractivity contribution in [3.63, 3.8) is 0 Å². The quantitative estimate of drug-likeness (QED) is 0.856. The van der Waals surface area contributed by atoms with E-state index in [4.69, 9.17) is 0 Å². The van der Waals surface area contributed by atoms with Gasteiger partial charge in [-0.1, -0.05) is 18.2 Å². The maximum Gasteiger partial charge on any atom is 0.288 e. The van der Waals surface area contributed by atoms with Crippen molar-refractivity contribution in [1.82, 2.24) is 15.8 Å². The Morgan fingerprint density at radius 2 is 2.00 bits per heavy atom. The van der Waals surface area contributed by atoms with Crippen LogP contribution < -0.4 is 10.9 Å². The predicted molar refractivity (Wildman–Crippen MR) is 87.1 cm³/mol. The molecule has 0 bridgehead atoms. The van der Waals surface area contributed by atoms with E-state index < -0.39 is 0 Å². The summed E-state index contributed by atoms with van der Waals surface area (Å²) in [5, 5.41) is 0. The van der Waals surface area contributed by atoms with Gasteiger partial charge in [0.1, 0.15) is 5.69 Å². The number of carbonyl (C=O) groups is 1. The third-order valence-electron chi connectivity index (χ3n) is 3.98. The Bertz CT molecular complexity index is 735. The van der Waals surface area contributed by atoms with Crippen LogP contribution in [0.3, 0.4) is 0 Å². The Balaban J connectivity index is 1.76. The second-order valence-corrected chi connectivity index (χ2v) is 5.54. The molecule has 0 aliphatic heterocycles. The molecule has 4 nitrogen and oxygen atoms in total. The summed E-state index contributed by atoms with van der Waals surface area (Å²) < 4.78 is 0. The Labute approximate surface area is 130 Å². The van der Waals surface area contributed by atoms with Crippen molar-refractivity contribution >= 4 is 11.6 Å². The van der Waals surface area contributed by atoms with Crippen LogP contribution in [0, 0.1) is 13.8 Å². The number of nitrogens with zero attached hydrogens (tertiary/aromatic N) is 1. The lowest BCUT2D eigenvalue weighted by Crippen LogP contribution is -2.37. The van der Waals surface area contributed by atoms with Crippen molar-refractivity contribution in [2.75, 3.05) is 0 Å². The van der Waals surface area contributed by atoms with Crippen molar-refractivity contribution in [2.24, 2.45) is 0 Å². The van der Waals surface area contributed by atoms with E-state index in [1.807, 2.05) is 0 Å². The number of rotatable bonds is 3. The molecule has 4 heteroatoms. The molecule has 1 aromatic heterocycles. The van der Waals surface area contributed by atoms with E-state index in [9.17, 15) is 4.79 Å². The Hall–Kier alpha value is -2.62. The Kier molecular flexibility index (Phi) is 3.92. The summed E-state index contributed by atoms with van der Waals surface area (Å²) in [6.45, 7) is 4.23. The van der Waals surface area contributed by atoms with Gasteiger partial charge >= 0.3 is 0 Å². The molecule has 22 heavy (non-hydrogen) atoms. The van der Waals surface area contributed by atoms with Crippen molar-refractivity contribution in [2.45, 2.75) is 26.7 Å². The molecule has 0 radical (unpaired) electrons. The summed E-state index contributed by atoms with van der Waals surface area (Å²) in [5.41, 5.74) is 12.2. The highest BCUT2D eigenvalue weighted by atomic mass is 16.2. The molecule has 0 saturated carbocycles. The fourth-order valence-corrected chi connectivity index (χ4v) is 2.62. The largest absolute Gasteiger partial charge is 0.298 e. The minimum atomic E-state index is -0.238. The molecule has 0 spiro atoms. The van der Waals surface area contributed by atoms with E-state index in [1.165, 1.54) is 16.7 Å². The summed E-state index contributed by atoms with van der Waals surface area (Å²) in [7, 11) is 0. The van der Waals surface area contributed by atoms with Gasteiger partial charge in [0.05, 0.1) is 5.70 Å². The van der Waals surface area contributed by atoms with Crippen LogP contribution in [0.5, 0.6) is 0 Å². The zero-order valence-electron chi connectivity index (χ0n) is 12.8. The standard InChI is InChI=1S/C18H19N3O/c1-12-10-14-6-5-8-16(15(14)11-13(12)2)20-21-18(22)17-7-3-4-9-19-17/h3-4,7-11,20H,5-6H2,1-2H3,(H,21,22). The second-order valence-electron chi connectivity index (χ2n) is 5.54. The highest BCUT2D eigenvalue weighted by Gasteiger charge is 2.15. The van der Waals surface area contributed by atoms with Crippen LogP contribution in [0.4, 0.5) is 0 Å². The number of allylic oxidation sites excluding steroid dienone is 1. The monoisotopic (exact) mass is 293 g/mol. The average molecular weight is 293 g/mol. The minimum absolute atomic E-state index is 0.238. The van der Waals surface area contributed by atoms with Gasteiger partial charge in [0.25, 0.3) is 5.91 Å². The maximum atomic E-state index is 12.1. The first-order valence-corrected chi connectivity index (χ1v) is 7.43. The number of hydrazine groups is 1. The third kappa shape index (κ3) is 2.86. The van der Waals surface area contributed by atoms with Gasteiger partial charge in [0.2, 0.25) is 0 Å². The Morgan fingerprint density at radius 3 is 2.77 bits per heavy atom. The predicted octanol–water partition coefficient (Wildman–Crippen LogP) is 2.92. The second kappa shape index (κ2) is 6.02. The van der Waals surface area contributed by atoms with Crippen LogP contribution in [-0.4, -0.2) is 10.9 Å². The molecule has 0 unspecified atom stereocenters. The van der Waals surface area contributed by atoms with Crippen molar-refractivity contribution < 1.29 is 4.79 Å². The number of carbonyl (C=O) groups excluding carboxylic acids is 1. The van der Waals surface area contributed by atoms with Gasteiger partial charge in [-0.15, -0.1) is 0 Å². The normalized spacial score (nSPS) is 13.1. The van der Waals surface area contributed by atoms with Crippen molar-refractivity contribution in [1.29, 1.82) is 0 Å². The zero-order chi connectivity index (χ0) is 15.5. The summed E-state index contributed by atoms with van der Waals surface area (Å²) in [6, 6.07) is 9.68. The number of fused-ring (bicyclic) bond motifs is 1. The van der Waals surface area contributed by atoms with Crippen LogP contribution >= 0.6 is 0 Å². The highest BCUT2D eigenvalue weighted by Crippen LogP contribution is 2.27. The van der Waals surface area contributed by atoms with Crippen LogP contribution in [0.25, 0.3) is 5.70 Å². The number of aryl methyl sites for hydroxylation is 3. The molecule has 0 fully saturated rings. The number of pyridine rings is 1. The number of benzene rings is 1. The number of amides is 1. The summed E-state index contributed by atoms with van der Waals surface area (Å²) >= 11 is 0. The van der Waals surface area contributed by atoms with Crippen LogP contribution in [0.15, 0.2) is 42.6 Å². The topological polar surface area (TPSA) is 54.0 Å². The molecule has 0 saturated heterocycles. The Morgan fingerprint density at radius 1 is 1.18 bits per heavy atom. The molecule has 1 heterocycles. The fourth-order valence-electron chi connectivity index (χ4n) is 2.62. The maximum absolute atomic E-state index is 12.1. The molecular formula is C18H19N3O. The van der Waals surface area contributed by atoms with Crippen LogP contribution in [0.2, 0.25) is 0 Å². The third-order valence-corrected chi connectivity index (χ3v) is 3.98. The lowest BCUT2D eigenvalue weighted by atomic mass is 9.91. The summed E-state index contributed by atoms with van der Waals surface area (Å²) in [4.78, 5) is 16.1. The van der Waals surface area contributed by atoms with E-state index in [1.54, 1.807) is 24.4 Å². The smallest absolute Gasteiger partial charge is 0.288 e. The van der Waals surface area contributed by atoms with E-state index in [0.29, 0.717) is 5.69 Å². The zero-order valence-corrected chi connectivity index (χ0v) is 12.8. The fraction of sp³-hybridized carbons (Fsp3) is 0.222. The van der Waals surface area contributed by atoms with Gasteiger partial charge in [0.15, 0.2) is 0 Å². The molecule has 1 aliphatic carbocycles. The molecule has 1 aromatic carbocycles. The van der Waals surface area contributed by atoms with Crippen molar-refractivity contribution in [3.8, 4) is 0 Å². The van der Waals surface area contributed by atoms with Gasteiger partial charge in [-0.3, -0.25) is 20.6 Å². The van der Waals surface area contributed by atoms with Crippen molar-refractivity contribution in [3.05, 3.63) is 70.6 Å². The lowest BCUT2D eigenvalue weighted by Gasteiger charge is -2.21. The first-order chi connectivity index (χ1) is 10.6. The summed E-state index contributed by atoms with van der Waals surface area (Å²) in [6.07, 6.45) is 5.74. The van der Waals surface area contributed by atoms with E-state index in [-0.39, 0.29) is 5.91 Å². The SMILES string of the molecule is Cc1cc2c(cc1C)C(NNC(=O)c1ccccn1)=CCC2. The highest BCUT2D eigenvalue weighted by molar-refractivity contribution is 5.92. The first-order valence-electron chi connectivity index (χ1n) is 7.43. The van der Waals surface area contributed by atoms with Gasteiger partial charge in [-0.2, -0.15) is 0 Å². The molecule has 1 amide bonds. The molecular weight excluding hydrogens is 274 g/mol. The number of hydrogen-bond donors (Lipinski definition) is 2. The molecule has 112 valence electrons.